The lowest BCUT2D eigenvalue weighted by molar-refractivity contribution is -0.0329. The van der Waals surface area contributed by atoms with Crippen molar-refractivity contribution >= 4 is 0 Å². The normalized spacial score (nSPS) is 29.3. The Kier molecular flexibility index (Phi) is 3.04. The maximum Gasteiger partial charge on any atom is 0.127 e. The number of ether oxygens (including phenoxy) is 1. The van der Waals surface area contributed by atoms with E-state index >= 15 is 0 Å². The van der Waals surface area contributed by atoms with E-state index in [1.165, 1.54) is 50.7 Å². The van der Waals surface area contributed by atoms with Gasteiger partial charge in [-0.05, 0) is 50.0 Å². The zero-order valence-corrected chi connectivity index (χ0v) is 12.5. The van der Waals surface area contributed by atoms with Crippen molar-refractivity contribution in [3.8, 4) is 5.75 Å². The molecule has 3 heteroatoms. The van der Waals surface area contributed by atoms with Gasteiger partial charge < -0.3 is 10.5 Å². The fourth-order valence-corrected chi connectivity index (χ4v) is 4.86. The van der Waals surface area contributed by atoms with E-state index in [4.69, 9.17) is 10.5 Å². The first-order valence-corrected chi connectivity index (χ1v) is 8.34. The molecule has 0 saturated heterocycles. The smallest absolute Gasteiger partial charge is 0.127 e. The second kappa shape index (κ2) is 4.70. The lowest BCUT2D eigenvalue weighted by Gasteiger charge is -2.48. The van der Waals surface area contributed by atoms with Crippen LogP contribution in [0.5, 0.6) is 5.75 Å². The van der Waals surface area contributed by atoms with E-state index < -0.39 is 0 Å². The third-order valence-electron chi connectivity index (χ3n) is 6.18. The van der Waals surface area contributed by atoms with E-state index in [9.17, 15) is 4.39 Å². The minimum Gasteiger partial charge on any atom is -0.487 e. The molecule has 4 rings (SSSR count). The van der Waals surface area contributed by atoms with Gasteiger partial charge in [0.25, 0.3) is 0 Å². The van der Waals surface area contributed by atoms with Crippen molar-refractivity contribution < 1.29 is 9.13 Å². The summed E-state index contributed by atoms with van der Waals surface area (Å²) in [4.78, 5) is 0. The number of benzene rings is 1. The second-order valence-corrected chi connectivity index (χ2v) is 7.48. The van der Waals surface area contributed by atoms with Crippen LogP contribution in [0.2, 0.25) is 0 Å². The Morgan fingerprint density at radius 3 is 2.48 bits per heavy atom. The molecule has 1 aromatic carbocycles. The molecule has 0 bridgehead atoms. The molecule has 2 aliphatic carbocycles. The molecule has 0 amide bonds. The molecule has 1 atom stereocenters. The fourth-order valence-electron chi connectivity index (χ4n) is 4.86. The minimum absolute atomic E-state index is 0.0213. The highest BCUT2D eigenvalue weighted by atomic mass is 19.1. The highest BCUT2D eigenvalue weighted by Gasteiger charge is 2.47. The van der Waals surface area contributed by atoms with E-state index in [0.717, 1.165) is 24.8 Å². The van der Waals surface area contributed by atoms with E-state index in [1.807, 2.05) is 0 Å². The van der Waals surface area contributed by atoms with Crippen LogP contribution in [0, 0.1) is 11.2 Å². The Morgan fingerprint density at radius 1 is 1.05 bits per heavy atom. The molecule has 114 valence electrons. The molecule has 1 aromatic rings. The van der Waals surface area contributed by atoms with Crippen molar-refractivity contribution in [2.45, 2.75) is 69.4 Å². The predicted octanol–water partition coefficient (Wildman–Crippen LogP) is 4.48. The van der Waals surface area contributed by atoms with Crippen LogP contribution < -0.4 is 10.5 Å². The molecular formula is C18H24FNO. The van der Waals surface area contributed by atoms with Gasteiger partial charge in [-0.25, -0.2) is 4.39 Å². The second-order valence-electron chi connectivity index (χ2n) is 7.48. The van der Waals surface area contributed by atoms with Crippen LogP contribution in [0.1, 0.15) is 69.4 Å². The van der Waals surface area contributed by atoms with Crippen molar-refractivity contribution in [3.63, 3.8) is 0 Å². The standard InChI is InChI=1S/C18H24FNO/c19-13-3-4-14-15(20)12-18(21-16(14)11-13)9-7-17(8-10-18)5-1-2-6-17/h3-4,11,15H,1-2,5-10,12,20H2/t15-/m1/s1. The number of hydrogen-bond acceptors (Lipinski definition) is 2. The van der Waals surface area contributed by atoms with E-state index in [0.29, 0.717) is 11.2 Å². The Hall–Kier alpha value is -1.09. The molecule has 21 heavy (non-hydrogen) atoms. The lowest BCUT2D eigenvalue weighted by atomic mass is 9.65. The molecule has 1 heterocycles. The van der Waals surface area contributed by atoms with Crippen molar-refractivity contribution in [1.82, 2.24) is 0 Å². The molecule has 0 unspecified atom stereocenters. The van der Waals surface area contributed by atoms with Gasteiger partial charge in [0.2, 0.25) is 0 Å². The number of nitrogens with two attached hydrogens (primary N) is 1. The van der Waals surface area contributed by atoms with Gasteiger partial charge in [-0.3, -0.25) is 0 Å². The van der Waals surface area contributed by atoms with Gasteiger partial charge in [-0.2, -0.15) is 0 Å². The minimum atomic E-state index is -0.235. The molecular weight excluding hydrogens is 265 g/mol. The van der Waals surface area contributed by atoms with Gasteiger partial charge in [-0.15, -0.1) is 0 Å². The van der Waals surface area contributed by atoms with Crippen molar-refractivity contribution in [3.05, 3.63) is 29.6 Å². The van der Waals surface area contributed by atoms with Crippen molar-refractivity contribution in [2.24, 2.45) is 11.1 Å². The van der Waals surface area contributed by atoms with E-state index in [2.05, 4.69) is 0 Å². The van der Waals surface area contributed by atoms with Crippen LogP contribution in [0.25, 0.3) is 0 Å². The zero-order valence-electron chi connectivity index (χ0n) is 12.5. The summed E-state index contributed by atoms with van der Waals surface area (Å²) in [5.74, 6) is 0.442. The van der Waals surface area contributed by atoms with Crippen molar-refractivity contribution in [1.29, 1.82) is 0 Å². The van der Waals surface area contributed by atoms with Gasteiger partial charge in [0.05, 0.1) is 0 Å². The maximum atomic E-state index is 13.5. The Bertz CT molecular complexity index is 540. The van der Waals surface area contributed by atoms with Gasteiger partial charge >= 0.3 is 0 Å². The molecule has 2 N–H and O–H groups in total. The Balaban J connectivity index is 1.57. The molecule has 1 aliphatic heterocycles. The van der Waals surface area contributed by atoms with E-state index in [-0.39, 0.29) is 17.5 Å². The summed E-state index contributed by atoms with van der Waals surface area (Å²) in [6.07, 6.45) is 11.1. The van der Waals surface area contributed by atoms with Crippen LogP contribution in [-0.2, 0) is 0 Å². The van der Waals surface area contributed by atoms with Crippen LogP contribution in [0.15, 0.2) is 18.2 Å². The largest absolute Gasteiger partial charge is 0.487 e. The Labute approximate surface area is 125 Å². The fraction of sp³-hybridized carbons (Fsp3) is 0.667. The van der Waals surface area contributed by atoms with Gasteiger partial charge in [0.15, 0.2) is 0 Å². The lowest BCUT2D eigenvalue weighted by Crippen LogP contribution is -2.47. The summed E-state index contributed by atoms with van der Waals surface area (Å²) in [6, 6.07) is 4.75. The van der Waals surface area contributed by atoms with Crippen LogP contribution in [0.4, 0.5) is 4.39 Å². The number of rotatable bonds is 0. The topological polar surface area (TPSA) is 35.2 Å². The first-order valence-electron chi connectivity index (χ1n) is 8.34. The highest BCUT2D eigenvalue weighted by molar-refractivity contribution is 5.39. The summed E-state index contributed by atoms with van der Waals surface area (Å²) >= 11 is 0. The summed E-state index contributed by atoms with van der Waals surface area (Å²) in [5, 5.41) is 0. The third kappa shape index (κ3) is 2.26. The summed E-state index contributed by atoms with van der Waals surface area (Å²) in [6.45, 7) is 0. The molecule has 0 radical (unpaired) electrons. The van der Waals surface area contributed by atoms with Crippen LogP contribution in [0.3, 0.4) is 0 Å². The van der Waals surface area contributed by atoms with Crippen molar-refractivity contribution in [2.75, 3.05) is 0 Å². The first-order chi connectivity index (χ1) is 10.1. The summed E-state index contributed by atoms with van der Waals surface area (Å²) in [7, 11) is 0. The first kappa shape index (κ1) is 13.6. The van der Waals surface area contributed by atoms with Crippen LogP contribution >= 0.6 is 0 Å². The molecule has 2 nitrogen and oxygen atoms in total. The maximum absolute atomic E-state index is 13.5. The van der Waals surface area contributed by atoms with Gasteiger partial charge in [0, 0.05) is 24.1 Å². The summed E-state index contributed by atoms with van der Waals surface area (Å²) < 4.78 is 19.8. The quantitative estimate of drug-likeness (QED) is 0.764. The predicted molar refractivity (Wildman–Crippen MR) is 80.7 cm³/mol. The summed E-state index contributed by atoms with van der Waals surface area (Å²) in [5.41, 5.74) is 7.75. The average Bonchev–Trinajstić information content (AvgIpc) is 2.91. The monoisotopic (exact) mass is 289 g/mol. The SMILES string of the molecule is N[C@@H]1CC2(CCC3(CCCC3)CC2)Oc2cc(F)ccc21. The highest BCUT2D eigenvalue weighted by Crippen LogP contribution is 2.55. The van der Waals surface area contributed by atoms with Gasteiger partial charge in [-0.1, -0.05) is 18.9 Å². The van der Waals surface area contributed by atoms with E-state index in [1.54, 1.807) is 6.07 Å². The number of hydrogen-bond donors (Lipinski definition) is 1. The molecule has 2 fully saturated rings. The molecule has 2 spiro atoms. The zero-order chi connectivity index (χ0) is 14.5. The van der Waals surface area contributed by atoms with Crippen LogP contribution in [-0.4, -0.2) is 5.60 Å². The molecule has 2 saturated carbocycles. The molecule has 0 aromatic heterocycles. The number of fused-ring (bicyclic) bond motifs is 1. The van der Waals surface area contributed by atoms with Gasteiger partial charge in [0.1, 0.15) is 17.2 Å². The average molecular weight is 289 g/mol. The Morgan fingerprint density at radius 2 is 1.76 bits per heavy atom. The molecule has 3 aliphatic rings. The third-order valence-corrected chi connectivity index (χ3v) is 6.18. The number of halogens is 1.